The zero-order chi connectivity index (χ0) is 14.9. The highest BCUT2D eigenvalue weighted by molar-refractivity contribution is 6.03. The topological polar surface area (TPSA) is 75.4 Å². The number of aromatic hydroxyl groups is 1. The van der Waals surface area contributed by atoms with Crippen LogP contribution in [0, 0.1) is 5.82 Å². The number of hydrogen-bond donors (Lipinski definition) is 2. The van der Waals surface area contributed by atoms with E-state index in [2.05, 4.69) is 9.40 Å². The first kappa shape index (κ1) is 13.8. The van der Waals surface area contributed by atoms with Gasteiger partial charge in [-0.3, -0.25) is 4.79 Å². The maximum atomic E-state index is 13.0. The van der Waals surface area contributed by atoms with Gasteiger partial charge in [-0.25, -0.2) is 4.39 Å². The van der Waals surface area contributed by atoms with Crippen molar-refractivity contribution in [2.24, 2.45) is 0 Å². The van der Waals surface area contributed by atoms with Gasteiger partial charge >= 0.3 is 12.1 Å². The molecule has 0 bridgehead atoms. The maximum Gasteiger partial charge on any atom is 0.469 e. The maximum absolute atomic E-state index is 13.0. The normalized spacial score (nSPS) is 11.4. The minimum absolute atomic E-state index is 0.197. The number of benzene rings is 1. The Hall–Kier alpha value is -2.58. The molecule has 0 spiro atoms. The fourth-order valence-corrected chi connectivity index (χ4v) is 1.30. The second-order valence-electron chi connectivity index (χ2n) is 3.66. The van der Waals surface area contributed by atoms with Crippen molar-refractivity contribution in [1.29, 1.82) is 0 Å². The Labute approximate surface area is 108 Å². The van der Waals surface area contributed by atoms with Crippen LogP contribution in [0.4, 0.5) is 23.4 Å². The van der Waals surface area contributed by atoms with Crippen LogP contribution in [-0.2, 0) is 6.18 Å². The van der Waals surface area contributed by atoms with Crippen molar-refractivity contribution in [2.45, 2.75) is 6.18 Å². The highest BCUT2D eigenvalue weighted by Crippen LogP contribution is 2.29. The number of halogens is 4. The number of hydrogen-bond acceptors (Lipinski definition) is 4. The minimum Gasteiger partial charge on any atom is -0.505 e. The lowest BCUT2D eigenvalue weighted by Gasteiger charge is -2.02. The second kappa shape index (κ2) is 4.83. The third kappa shape index (κ3) is 2.87. The van der Waals surface area contributed by atoms with Crippen LogP contribution in [0.3, 0.4) is 0 Å². The van der Waals surface area contributed by atoms with E-state index >= 15 is 0 Å². The molecule has 1 aromatic carbocycles. The molecular formula is C11H6F4N2O3. The number of amides is 1. The van der Waals surface area contributed by atoms with E-state index in [1.165, 1.54) is 0 Å². The quantitative estimate of drug-likeness (QED) is 0.834. The van der Waals surface area contributed by atoms with Gasteiger partial charge in [0.05, 0.1) is 0 Å². The number of alkyl halides is 3. The summed E-state index contributed by atoms with van der Waals surface area (Å²) in [6, 6.07) is 2.77. The first-order valence-corrected chi connectivity index (χ1v) is 5.10. The van der Waals surface area contributed by atoms with Crippen molar-refractivity contribution in [2.75, 3.05) is 5.32 Å². The monoisotopic (exact) mass is 290 g/mol. The summed E-state index contributed by atoms with van der Waals surface area (Å²) >= 11 is 0. The van der Waals surface area contributed by atoms with Crippen LogP contribution in [0.2, 0.25) is 0 Å². The van der Waals surface area contributed by atoms with E-state index in [-0.39, 0.29) is 5.56 Å². The van der Waals surface area contributed by atoms with Gasteiger partial charge in [-0.2, -0.15) is 18.2 Å². The molecule has 106 valence electrons. The molecule has 20 heavy (non-hydrogen) atoms. The van der Waals surface area contributed by atoms with Crippen molar-refractivity contribution in [3.05, 3.63) is 41.7 Å². The lowest BCUT2D eigenvalue weighted by Crippen LogP contribution is -2.13. The largest absolute Gasteiger partial charge is 0.505 e. The summed E-state index contributed by atoms with van der Waals surface area (Å²) < 4.78 is 53.8. The molecule has 0 aliphatic carbocycles. The lowest BCUT2D eigenvalue weighted by molar-refractivity contribution is -0.157. The van der Waals surface area contributed by atoms with Crippen molar-refractivity contribution in [1.82, 2.24) is 4.98 Å². The Morgan fingerprint density at radius 3 is 2.60 bits per heavy atom. The first-order valence-electron chi connectivity index (χ1n) is 5.10. The molecule has 1 amide bonds. The highest BCUT2D eigenvalue weighted by atomic mass is 19.4. The minimum atomic E-state index is -4.77. The van der Waals surface area contributed by atoms with Crippen LogP contribution in [0.5, 0.6) is 5.75 Å². The summed E-state index contributed by atoms with van der Waals surface area (Å²) in [6.45, 7) is 0. The Bertz CT molecular complexity index is 651. The molecule has 1 heterocycles. The number of carbonyl (C=O) groups excluding carboxylic acids is 1. The van der Waals surface area contributed by atoms with E-state index in [0.717, 1.165) is 18.2 Å². The number of nitrogens with one attached hydrogen (secondary N) is 1. The number of nitrogens with zero attached hydrogens (tertiary/aromatic N) is 1. The molecule has 2 rings (SSSR count). The van der Waals surface area contributed by atoms with E-state index in [1.807, 2.05) is 5.32 Å². The van der Waals surface area contributed by atoms with E-state index in [0.29, 0.717) is 6.26 Å². The summed E-state index contributed by atoms with van der Waals surface area (Å²) in [5, 5.41) is 11.0. The fourth-order valence-electron chi connectivity index (χ4n) is 1.30. The van der Waals surface area contributed by atoms with Gasteiger partial charge in [-0.15, -0.1) is 0 Å². The molecule has 0 atom stereocenters. The van der Waals surface area contributed by atoms with Crippen molar-refractivity contribution in [3.8, 4) is 5.75 Å². The molecule has 1 aromatic heterocycles. The zero-order valence-electron chi connectivity index (χ0n) is 9.53. The third-order valence-electron chi connectivity index (χ3n) is 2.20. The van der Waals surface area contributed by atoms with Gasteiger partial charge in [-0.05, 0) is 18.2 Å². The van der Waals surface area contributed by atoms with Gasteiger partial charge in [0.2, 0.25) is 0 Å². The number of aromatic nitrogens is 1. The van der Waals surface area contributed by atoms with Crippen LogP contribution < -0.4 is 5.32 Å². The average Bonchev–Trinajstić information content (AvgIpc) is 2.81. The molecule has 0 unspecified atom stereocenters. The second-order valence-corrected chi connectivity index (χ2v) is 3.66. The number of rotatable bonds is 2. The van der Waals surface area contributed by atoms with Crippen molar-refractivity contribution in [3.63, 3.8) is 0 Å². The van der Waals surface area contributed by atoms with Gasteiger partial charge in [0.1, 0.15) is 6.26 Å². The highest BCUT2D eigenvalue weighted by Gasteiger charge is 2.37. The number of oxazole rings is 1. The summed E-state index contributed by atoms with van der Waals surface area (Å²) in [5.41, 5.74) is -0.197. The number of phenolic OH excluding ortho intramolecular Hbond substituents is 1. The van der Waals surface area contributed by atoms with Crippen LogP contribution in [0.1, 0.15) is 16.2 Å². The van der Waals surface area contributed by atoms with Crippen LogP contribution in [-0.4, -0.2) is 16.0 Å². The van der Waals surface area contributed by atoms with Gasteiger partial charge in [0, 0.05) is 5.56 Å². The molecule has 0 aliphatic rings. The fraction of sp³-hybridized carbons (Fsp3) is 0.0909. The van der Waals surface area contributed by atoms with Gasteiger partial charge in [0.25, 0.3) is 5.91 Å². The third-order valence-corrected chi connectivity index (χ3v) is 2.20. The molecule has 2 aromatic rings. The molecular weight excluding hydrogens is 284 g/mol. The SMILES string of the molecule is O=C(Nc1coc(C(F)(F)F)n1)c1ccc(O)c(F)c1. The van der Waals surface area contributed by atoms with E-state index in [9.17, 15) is 22.4 Å². The number of carbonyl (C=O) groups is 1. The molecule has 0 aliphatic heterocycles. The Morgan fingerprint density at radius 2 is 2.05 bits per heavy atom. The van der Waals surface area contributed by atoms with Crippen LogP contribution >= 0.6 is 0 Å². The average molecular weight is 290 g/mol. The summed E-state index contributed by atoms with van der Waals surface area (Å²) in [7, 11) is 0. The van der Waals surface area contributed by atoms with E-state index < -0.39 is 35.4 Å². The number of anilines is 1. The molecule has 0 saturated heterocycles. The Balaban J connectivity index is 2.15. The van der Waals surface area contributed by atoms with Gasteiger partial charge in [-0.1, -0.05) is 0 Å². The van der Waals surface area contributed by atoms with Gasteiger partial charge < -0.3 is 14.8 Å². The molecule has 0 fully saturated rings. The molecule has 2 N–H and O–H groups in total. The molecule has 0 saturated carbocycles. The van der Waals surface area contributed by atoms with E-state index in [4.69, 9.17) is 5.11 Å². The zero-order valence-corrected chi connectivity index (χ0v) is 9.53. The Kier molecular flexibility index (Phi) is 3.35. The predicted octanol–water partition coefficient (Wildman–Crippen LogP) is 2.79. The van der Waals surface area contributed by atoms with Crippen LogP contribution in [0.25, 0.3) is 0 Å². The van der Waals surface area contributed by atoms with Crippen LogP contribution in [0.15, 0.2) is 28.9 Å². The smallest absolute Gasteiger partial charge is 0.469 e. The van der Waals surface area contributed by atoms with E-state index in [1.54, 1.807) is 0 Å². The lowest BCUT2D eigenvalue weighted by atomic mass is 10.2. The standard InChI is InChI=1S/C11H6F4N2O3/c12-6-3-5(1-2-7(6)18)9(19)16-8-4-20-10(17-8)11(13,14)15/h1-4,18H,(H,16,19). The molecule has 0 radical (unpaired) electrons. The Morgan fingerprint density at radius 1 is 1.35 bits per heavy atom. The molecule has 5 nitrogen and oxygen atoms in total. The van der Waals surface area contributed by atoms with Crippen molar-refractivity contribution < 1.29 is 31.9 Å². The summed E-state index contributed by atoms with van der Waals surface area (Å²) in [5.74, 6) is -4.55. The first-order chi connectivity index (χ1) is 9.27. The molecule has 9 heteroatoms. The predicted molar refractivity (Wildman–Crippen MR) is 57.5 cm³/mol. The van der Waals surface area contributed by atoms with Gasteiger partial charge in [0.15, 0.2) is 17.4 Å². The summed E-state index contributed by atoms with van der Waals surface area (Å²) in [4.78, 5) is 14.6. The number of phenols is 1. The van der Waals surface area contributed by atoms with Crippen molar-refractivity contribution >= 4 is 11.7 Å². The summed E-state index contributed by atoms with van der Waals surface area (Å²) in [6.07, 6.45) is -4.16.